The molecule has 2 aliphatic heterocycles. The summed E-state index contributed by atoms with van der Waals surface area (Å²) in [6, 6.07) is 2.27. The summed E-state index contributed by atoms with van der Waals surface area (Å²) in [6.07, 6.45) is 12.7. The quantitative estimate of drug-likeness (QED) is 0.203. The van der Waals surface area contributed by atoms with Crippen molar-refractivity contribution in [3.8, 4) is 0 Å². The summed E-state index contributed by atoms with van der Waals surface area (Å²) in [5.74, 6) is 1.68. The van der Waals surface area contributed by atoms with Gasteiger partial charge in [-0.1, -0.05) is 0 Å². The molecular weight excluding hydrogens is 464 g/mol. The summed E-state index contributed by atoms with van der Waals surface area (Å²) in [5.41, 5.74) is 0. The maximum Gasteiger partial charge on any atom is 0.334 e. The van der Waals surface area contributed by atoms with Crippen LogP contribution in [-0.2, 0) is 27.2 Å². The minimum atomic E-state index is -1.88. The summed E-state index contributed by atoms with van der Waals surface area (Å²) < 4.78 is 34.7. The predicted octanol–water partition coefficient (Wildman–Crippen LogP) is 6.18. The number of hydrogen-bond donors (Lipinski definition) is 0. The highest BCUT2D eigenvalue weighted by Crippen LogP contribution is 2.42. The second-order valence-electron chi connectivity index (χ2n) is 10.9. The zero-order chi connectivity index (χ0) is 24.6. The summed E-state index contributed by atoms with van der Waals surface area (Å²) in [4.78, 5) is 0. The molecule has 0 spiro atoms. The Morgan fingerprint density at radius 3 is 1.21 bits per heavy atom. The molecule has 0 radical (unpaired) electrons. The van der Waals surface area contributed by atoms with Crippen LogP contribution in [0.25, 0.3) is 0 Å². The van der Waals surface area contributed by atoms with E-state index in [0.717, 1.165) is 50.4 Å². The van der Waals surface area contributed by atoms with Crippen molar-refractivity contribution in [3.05, 3.63) is 0 Å². The van der Waals surface area contributed by atoms with E-state index in [1.54, 1.807) is 0 Å². The Bertz CT molecular complexity index is 532. The smallest absolute Gasteiger partial charge is 0.334 e. The lowest BCUT2D eigenvalue weighted by atomic mass is 9.88. The number of rotatable bonds is 14. The van der Waals surface area contributed by atoms with Crippen molar-refractivity contribution in [3.63, 3.8) is 0 Å². The van der Waals surface area contributed by atoms with E-state index < -0.39 is 17.1 Å². The van der Waals surface area contributed by atoms with Gasteiger partial charge in [0.2, 0.25) is 0 Å². The third-order valence-electron chi connectivity index (χ3n) is 8.04. The van der Waals surface area contributed by atoms with Crippen molar-refractivity contribution >= 4 is 17.1 Å². The molecule has 0 amide bonds. The maximum absolute atomic E-state index is 5.88. The third kappa shape index (κ3) is 9.25. The lowest BCUT2D eigenvalue weighted by molar-refractivity contribution is 0.184. The second-order valence-corrected chi connectivity index (χ2v) is 17.6. The van der Waals surface area contributed by atoms with E-state index in [0.29, 0.717) is 24.4 Å². The maximum atomic E-state index is 5.88. The van der Waals surface area contributed by atoms with Gasteiger partial charge in [0.05, 0.1) is 24.4 Å². The van der Waals surface area contributed by atoms with E-state index in [9.17, 15) is 0 Å². The number of fused-ring (bicyclic) bond motifs is 2. The zero-order valence-electron chi connectivity index (χ0n) is 22.8. The zero-order valence-corrected chi connectivity index (χ0v) is 24.8. The lowest BCUT2D eigenvalue weighted by Crippen LogP contribution is -2.39. The molecule has 2 saturated carbocycles. The molecule has 0 aromatic carbocycles. The van der Waals surface area contributed by atoms with Crippen LogP contribution in [0.5, 0.6) is 0 Å². The van der Waals surface area contributed by atoms with E-state index in [-0.39, 0.29) is 0 Å². The van der Waals surface area contributed by atoms with Crippen LogP contribution >= 0.6 is 0 Å². The van der Waals surface area contributed by atoms with Gasteiger partial charge in [-0.2, -0.15) is 0 Å². The normalized spacial score (nSPS) is 32.3. The molecule has 0 bridgehead atoms. The lowest BCUT2D eigenvalue weighted by Gasteiger charge is -2.28. The van der Waals surface area contributed by atoms with Crippen molar-refractivity contribution in [1.82, 2.24) is 0 Å². The molecule has 6 unspecified atom stereocenters. The molecule has 6 atom stereocenters. The van der Waals surface area contributed by atoms with Gasteiger partial charge >= 0.3 is 17.1 Å². The fourth-order valence-corrected chi connectivity index (χ4v) is 11.1. The average Bonchev–Trinajstić information content (AvgIpc) is 3.72. The van der Waals surface area contributed by atoms with Gasteiger partial charge in [-0.25, -0.2) is 0 Å². The van der Waals surface area contributed by atoms with Crippen LogP contribution in [0.4, 0.5) is 0 Å². The van der Waals surface area contributed by atoms with Gasteiger partial charge in [-0.05, 0) is 116 Å². The first-order chi connectivity index (χ1) is 16.3. The summed E-state index contributed by atoms with van der Waals surface area (Å²) in [5, 5.41) is 0. The first-order valence-electron chi connectivity index (χ1n) is 14.2. The minimum absolute atomic E-state index is 0.598. The van der Waals surface area contributed by atoms with Crippen LogP contribution in [0.2, 0.25) is 25.2 Å². The molecule has 4 rings (SSSR count). The molecule has 2 aliphatic carbocycles. The largest absolute Gasteiger partial charge is 0.395 e. The van der Waals surface area contributed by atoms with Crippen LogP contribution in [-0.4, -0.2) is 68.0 Å². The van der Waals surface area contributed by atoms with E-state index >= 15 is 0 Å². The molecule has 0 aromatic heterocycles. The average molecular weight is 517 g/mol. The Kier molecular flexibility index (Phi) is 11.6. The standard InChI is InChI=1S/2C13H26O3Si/c2*1-4-14-17(3,15-5-2)9-8-11-6-7-12-13(10-11)16-12/h2*11-13H,4-10H2,1-3H3. The van der Waals surface area contributed by atoms with Crippen molar-refractivity contribution in [2.24, 2.45) is 11.8 Å². The van der Waals surface area contributed by atoms with Crippen LogP contribution in [0.15, 0.2) is 0 Å². The number of ether oxygens (including phenoxy) is 2. The van der Waals surface area contributed by atoms with E-state index in [2.05, 4.69) is 40.8 Å². The summed E-state index contributed by atoms with van der Waals surface area (Å²) >= 11 is 0. The van der Waals surface area contributed by atoms with Gasteiger partial charge in [-0.3, -0.25) is 0 Å². The third-order valence-corrected chi connectivity index (χ3v) is 14.0. The Hall–Kier alpha value is 0.194. The fraction of sp³-hybridized carbons (Fsp3) is 1.00. The van der Waals surface area contributed by atoms with Crippen molar-refractivity contribution in [1.29, 1.82) is 0 Å². The van der Waals surface area contributed by atoms with Gasteiger partial charge in [0.1, 0.15) is 0 Å². The van der Waals surface area contributed by atoms with Gasteiger partial charge in [0, 0.05) is 26.4 Å². The highest BCUT2D eigenvalue weighted by Gasteiger charge is 2.45. The molecule has 0 aromatic rings. The van der Waals surface area contributed by atoms with Gasteiger partial charge < -0.3 is 27.2 Å². The Morgan fingerprint density at radius 1 is 0.559 bits per heavy atom. The number of epoxide rings is 2. The Labute approximate surface area is 211 Å². The predicted molar refractivity (Wildman–Crippen MR) is 141 cm³/mol. The van der Waals surface area contributed by atoms with Crippen LogP contribution in [0.1, 0.15) is 79.1 Å². The van der Waals surface area contributed by atoms with E-state index in [4.69, 9.17) is 27.2 Å². The van der Waals surface area contributed by atoms with Crippen molar-refractivity contribution in [2.45, 2.75) is 129 Å². The van der Waals surface area contributed by atoms with Gasteiger partial charge in [0.15, 0.2) is 0 Å². The number of hydrogen-bond acceptors (Lipinski definition) is 6. The minimum Gasteiger partial charge on any atom is -0.395 e. The highest BCUT2D eigenvalue weighted by atomic mass is 28.4. The molecule has 34 heavy (non-hydrogen) atoms. The molecule has 4 fully saturated rings. The van der Waals surface area contributed by atoms with Crippen molar-refractivity contribution < 1.29 is 27.2 Å². The molecule has 200 valence electrons. The molecule has 8 heteroatoms. The molecule has 2 heterocycles. The molecule has 2 saturated heterocycles. The second kappa shape index (κ2) is 13.7. The monoisotopic (exact) mass is 516 g/mol. The van der Waals surface area contributed by atoms with Gasteiger partial charge in [-0.15, -0.1) is 0 Å². The fourth-order valence-electron chi connectivity index (χ4n) is 6.02. The Morgan fingerprint density at radius 2 is 0.912 bits per heavy atom. The van der Waals surface area contributed by atoms with Crippen molar-refractivity contribution in [2.75, 3.05) is 26.4 Å². The van der Waals surface area contributed by atoms with E-state index in [1.165, 1.54) is 51.4 Å². The van der Waals surface area contributed by atoms with Crippen LogP contribution in [0.3, 0.4) is 0 Å². The first-order valence-corrected chi connectivity index (χ1v) is 19.2. The first kappa shape index (κ1) is 28.8. The van der Waals surface area contributed by atoms with Crippen LogP contribution < -0.4 is 0 Å². The molecular formula is C26H52O6Si2. The molecule has 6 nitrogen and oxygen atoms in total. The Balaban J connectivity index is 0.000000191. The SMILES string of the molecule is CCO[Si](C)(CCC1CCC2OC2C1)OCC.CCO[Si](C)(CCC1CCC2OC2C1)OCC. The van der Waals surface area contributed by atoms with Gasteiger partial charge in [0.25, 0.3) is 0 Å². The summed E-state index contributed by atoms with van der Waals surface area (Å²) in [6.45, 7) is 15.8. The summed E-state index contributed by atoms with van der Waals surface area (Å²) in [7, 11) is -3.77. The molecule has 0 N–H and O–H groups in total. The topological polar surface area (TPSA) is 62.0 Å². The van der Waals surface area contributed by atoms with E-state index in [1.807, 2.05) is 0 Å². The highest BCUT2D eigenvalue weighted by molar-refractivity contribution is 6.66. The molecule has 4 aliphatic rings. The van der Waals surface area contributed by atoms with Crippen LogP contribution in [0, 0.1) is 11.8 Å².